The third kappa shape index (κ3) is 4.45. The van der Waals surface area contributed by atoms with E-state index < -0.39 is 0 Å². The predicted octanol–water partition coefficient (Wildman–Crippen LogP) is 6.25. The number of ether oxygens (including phenoxy) is 1. The van der Waals surface area contributed by atoms with Crippen LogP contribution >= 0.6 is 23.2 Å². The first kappa shape index (κ1) is 21.7. The Morgan fingerprint density at radius 2 is 1.76 bits per heavy atom. The molecule has 0 fully saturated rings. The number of halogens is 2. The second kappa shape index (κ2) is 9.21. The van der Waals surface area contributed by atoms with Crippen LogP contribution in [0.1, 0.15) is 53.7 Å². The van der Waals surface area contributed by atoms with Crippen LogP contribution in [-0.2, 0) is 6.54 Å². The summed E-state index contributed by atoms with van der Waals surface area (Å²) in [5.41, 5.74) is 2.33. The summed E-state index contributed by atoms with van der Waals surface area (Å²) < 4.78 is 5.99. The summed E-state index contributed by atoms with van der Waals surface area (Å²) in [6.07, 6.45) is 3.58. The van der Waals surface area contributed by atoms with Crippen LogP contribution in [0.4, 0.5) is 0 Å². The van der Waals surface area contributed by atoms with Crippen molar-refractivity contribution in [2.75, 3.05) is 13.1 Å². The van der Waals surface area contributed by atoms with Gasteiger partial charge in [0.15, 0.2) is 5.76 Å². The number of phenolic OH excluding ortho intramolecular Hbond substituents is 1. The third-order valence-corrected chi connectivity index (χ3v) is 5.62. The van der Waals surface area contributed by atoms with Crippen molar-refractivity contribution >= 4 is 35.1 Å². The topological polar surface area (TPSA) is 49.8 Å². The standard InChI is InChI=1S/C23H25Cl2NO3/c1-4-9-26(10-5-2)13-16-19(27)11-14(3)21-22(28)20(29-23(16)21)12-15-17(24)7-6-8-18(15)25/h6-8,11-12,27H,4-5,9-10,13H2,1-3H3/b20-12+. The molecule has 1 aliphatic heterocycles. The smallest absolute Gasteiger partial charge is 0.232 e. The van der Waals surface area contributed by atoms with Crippen molar-refractivity contribution in [2.24, 2.45) is 0 Å². The molecule has 0 spiro atoms. The lowest BCUT2D eigenvalue weighted by molar-refractivity contribution is 0.101. The molecule has 0 aliphatic carbocycles. The van der Waals surface area contributed by atoms with Crippen molar-refractivity contribution in [2.45, 2.75) is 40.2 Å². The number of allylic oxidation sites excluding steroid dienone is 1. The number of ketones is 1. The lowest BCUT2D eigenvalue weighted by Gasteiger charge is -2.22. The van der Waals surface area contributed by atoms with Crippen molar-refractivity contribution < 1.29 is 14.6 Å². The van der Waals surface area contributed by atoms with Gasteiger partial charge in [0.2, 0.25) is 5.78 Å². The van der Waals surface area contributed by atoms with E-state index in [0.717, 1.165) is 25.9 Å². The summed E-state index contributed by atoms with van der Waals surface area (Å²) in [7, 11) is 0. The second-order valence-electron chi connectivity index (χ2n) is 7.25. The highest BCUT2D eigenvalue weighted by Crippen LogP contribution is 2.43. The Hall–Kier alpha value is -2.01. The van der Waals surface area contributed by atoms with Crippen LogP contribution in [-0.4, -0.2) is 28.9 Å². The highest BCUT2D eigenvalue weighted by atomic mass is 35.5. The Morgan fingerprint density at radius 3 is 2.34 bits per heavy atom. The lowest BCUT2D eigenvalue weighted by atomic mass is 9.99. The molecule has 1 heterocycles. The number of Topliss-reactive ketones (excluding diaryl/α,β-unsaturated/α-hetero) is 1. The minimum absolute atomic E-state index is 0.142. The fraction of sp³-hybridized carbons (Fsp3) is 0.348. The average Bonchev–Trinajstić information content (AvgIpc) is 2.99. The molecule has 0 aromatic heterocycles. The van der Waals surface area contributed by atoms with E-state index >= 15 is 0 Å². The summed E-state index contributed by atoms with van der Waals surface area (Å²) in [4.78, 5) is 15.3. The number of phenols is 1. The molecule has 6 heteroatoms. The van der Waals surface area contributed by atoms with E-state index in [2.05, 4.69) is 18.7 Å². The number of carbonyl (C=O) groups is 1. The Bertz CT molecular complexity index is 943. The molecule has 0 saturated carbocycles. The van der Waals surface area contributed by atoms with E-state index in [1.165, 1.54) is 0 Å². The molecule has 1 aliphatic rings. The van der Waals surface area contributed by atoms with Crippen LogP contribution in [0.15, 0.2) is 30.0 Å². The normalized spacial score (nSPS) is 14.6. The molecule has 2 aromatic rings. The first-order valence-corrected chi connectivity index (χ1v) is 10.6. The fourth-order valence-corrected chi connectivity index (χ4v) is 4.15. The molecule has 29 heavy (non-hydrogen) atoms. The number of aromatic hydroxyl groups is 1. The van der Waals surface area contributed by atoms with Crippen LogP contribution < -0.4 is 4.74 Å². The Balaban J connectivity index is 2.04. The number of benzene rings is 2. The maximum Gasteiger partial charge on any atom is 0.232 e. The Morgan fingerprint density at radius 1 is 1.14 bits per heavy atom. The monoisotopic (exact) mass is 433 g/mol. The van der Waals surface area contributed by atoms with Gasteiger partial charge in [-0.15, -0.1) is 0 Å². The SMILES string of the molecule is CCCN(CCC)Cc1c(O)cc(C)c2c1O/C(=C/c1c(Cl)cccc1Cl)C2=O. The van der Waals surface area contributed by atoms with Crippen LogP contribution in [0.2, 0.25) is 10.0 Å². The van der Waals surface area contributed by atoms with E-state index in [9.17, 15) is 9.90 Å². The van der Waals surface area contributed by atoms with Gasteiger partial charge in [0.25, 0.3) is 0 Å². The Kier molecular flexibility index (Phi) is 6.89. The average molecular weight is 434 g/mol. The molecular weight excluding hydrogens is 409 g/mol. The molecule has 154 valence electrons. The number of hydrogen-bond acceptors (Lipinski definition) is 4. The number of rotatable bonds is 7. The van der Waals surface area contributed by atoms with Gasteiger partial charge in [-0.25, -0.2) is 0 Å². The molecule has 0 amide bonds. The number of nitrogens with zero attached hydrogens (tertiary/aromatic N) is 1. The van der Waals surface area contributed by atoms with Gasteiger partial charge in [0, 0.05) is 22.2 Å². The van der Waals surface area contributed by atoms with Crippen LogP contribution in [0, 0.1) is 6.92 Å². The number of fused-ring (bicyclic) bond motifs is 1. The summed E-state index contributed by atoms with van der Waals surface area (Å²) >= 11 is 12.5. The van der Waals surface area contributed by atoms with Crippen molar-refractivity contribution in [3.63, 3.8) is 0 Å². The number of hydrogen-bond donors (Lipinski definition) is 1. The van der Waals surface area contributed by atoms with Gasteiger partial charge >= 0.3 is 0 Å². The first-order chi connectivity index (χ1) is 13.9. The van der Waals surface area contributed by atoms with Crippen molar-refractivity contribution in [1.29, 1.82) is 0 Å². The molecule has 4 nitrogen and oxygen atoms in total. The maximum absolute atomic E-state index is 13.1. The maximum atomic E-state index is 13.1. The molecule has 0 radical (unpaired) electrons. The van der Waals surface area contributed by atoms with Crippen molar-refractivity contribution in [3.05, 3.63) is 62.3 Å². The number of aryl methyl sites for hydroxylation is 1. The molecular formula is C23H25Cl2NO3. The largest absolute Gasteiger partial charge is 0.507 e. The second-order valence-corrected chi connectivity index (χ2v) is 8.06. The summed E-state index contributed by atoms with van der Waals surface area (Å²) in [5.74, 6) is 0.497. The van der Waals surface area contributed by atoms with E-state index in [0.29, 0.717) is 44.6 Å². The lowest BCUT2D eigenvalue weighted by Crippen LogP contribution is -2.25. The Labute approximate surface area is 181 Å². The van der Waals surface area contributed by atoms with Gasteiger partial charge in [0.1, 0.15) is 11.5 Å². The van der Waals surface area contributed by atoms with Crippen LogP contribution in [0.25, 0.3) is 6.08 Å². The highest BCUT2D eigenvalue weighted by Gasteiger charge is 2.33. The molecule has 0 saturated heterocycles. The van der Waals surface area contributed by atoms with E-state index in [1.54, 1.807) is 37.3 Å². The zero-order valence-electron chi connectivity index (χ0n) is 16.9. The quantitative estimate of drug-likeness (QED) is 0.524. The summed E-state index contributed by atoms with van der Waals surface area (Å²) in [5, 5.41) is 11.5. The van der Waals surface area contributed by atoms with E-state index in [1.807, 2.05) is 0 Å². The molecule has 0 unspecified atom stereocenters. The predicted molar refractivity (Wildman–Crippen MR) is 118 cm³/mol. The fourth-order valence-electron chi connectivity index (χ4n) is 3.64. The van der Waals surface area contributed by atoms with Gasteiger partial charge < -0.3 is 9.84 Å². The van der Waals surface area contributed by atoms with Crippen LogP contribution in [0.3, 0.4) is 0 Å². The minimum atomic E-state index is -0.229. The highest BCUT2D eigenvalue weighted by molar-refractivity contribution is 6.37. The van der Waals surface area contributed by atoms with Gasteiger partial charge in [-0.2, -0.15) is 0 Å². The molecule has 3 rings (SSSR count). The van der Waals surface area contributed by atoms with Gasteiger partial charge in [-0.1, -0.05) is 43.1 Å². The molecule has 0 atom stereocenters. The molecule has 0 bridgehead atoms. The minimum Gasteiger partial charge on any atom is -0.507 e. The zero-order valence-corrected chi connectivity index (χ0v) is 18.4. The van der Waals surface area contributed by atoms with Gasteiger partial charge in [-0.3, -0.25) is 9.69 Å². The van der Waals surface area contributed by atoms with Gasteiger partial charge in [-0.05, 0) is 62.7 Å². The van der Waals surface area contributed by atoms with Crippen LogP contribution in [0.5, 0.6) is 11.5 Å². The van der Waals surface area contributed by atoms with Gasteiger partial charge in [0.05, 0.1) is 11.1 Å². The molecule has 1 N–H and O–H groups in total. The first-order valence-electron chi connectivity index (χ1n) is 9.83. The molecule has 2 aromatic carbocycles. The zero-order chi connectivity index (χ0) is 21.1. The van der Waals surface area contributed by atoms with E-state index in [4.69, 9.17) is 27.9 Å². The van der Waals surface area contributed by atoms with E-state index in [-0.39, 0.29) is 17.3 Å². The summed E-state index contributed by atoms with van der Waals surface area (Å²) in [6, 6.07) is 6.80. The van der Waals surface area contributed by atoms with Crippen molar-refractivity contribution in [1.82, 2.24) is 4.90 Å². The third-order valence-electron chi connectivity index (χ3n) is 4.96. The number of carbonyl (C=O) groups excluding carboxylic acids is 1. The summed E-state index contributed by atoms with van der Waals surface area (Å²) in [6.45, 7) is 8.37. The van der Waals surface area contributed by atoms with Crippen molar-refractivity contribution in [3.8, 4) is 11.5 Å².